The van der Waals surface area contributed by atoms with E-state index in [1.807, 2.05) is 66.7 Å². The lowest BCUT2D eigenvalue weighted by molar-refractivity contribution is -0.149. The molecule has 2 aromatic carbocycles. The van der Waals surface area contributed by atoms with Crippen molar-refractivity contribution in [3.63, 3.8) is 0 Å². The molecule has 0 saturated heterocycles. The van der Waals surface area contributed by atoms with E-state index in [0.717, 1.165) is 26.4 Å². The molecule has 0 fully saturated rings. The fourth-order valence-corrected chi connectivity index (χ4v) is 4.91. The van der Waals surface area contributed by atoms with Crippen molar-refractivity contribution in [2.45, 2.75) is 22.9 Å². The SMILES string of the molecule is CNC(=O)c1ccccc1Sc1ccc2c(/C=C/c3ccccn3)nn(COC(=O)CCOCCOCCOC)c2c1. The lowest BCUT2D eigenvalue weighted by atomic mass is 10.2. The summed E-state index contributed by atoms with van der Waals surface area (Å²) >= 11 is 1.48. The predicted octanol–water partition coefficient (Wildman–Crippen LogP) is 4.68. The third-order valence-corrected chi connectivity index (χ3v) is 7.11. The highest BCUT2D eigenvalue weighted by Crippen LogP contribution is 2.33. The topological polar surface area (TPSA) is 114 Å². The van der Waals surface area contributed by atoms with Gasteiger partial charge in [-0.2, -0.15) is 5.10 Å². The average Bonchev–Trinajstić information content (AvgIpc) is 3.37. The molecule has 11 heteroatoms. The van der Waals surface area contributed by atoms with Crippen LogP contribution in [0.2, 0.25) is 0 Å². The lowest BCUT2D eigenvalue weighted by Gasteiger charge is -2.09. The Labute approximate surface area is 249 Å². The number of benzene rings is 2. The number of aromatic nitrogens is 3. The minimum Gasteiger partial charge on any atom is -0.442 e. The Balaban J connectivity index is 1.48. The van der Waals surface area contributed by atoms with Gasteiger partial charge in [0.2, 0.25) is 0 Å². The number of pyridine rings is 1. The number of hydrogen-bond acceptors (Lipinski definition) is 9. The van der Waals surface area contributed by atoms with Gasteiger partial charge >= 0.3 is 5.97 Å². The first-order chi connectivity index (χ1) is 20.6. The molecular formula is C31H34N4O6S. The second-order valence-electron chi connectivity index (χ2n) is 8.94. The van der Waals surface area contributed by atoms with Crippen LogP contribution in [-0.4, -0.2) is 73.8 Å². The number of esters is 1. The van der Waals surface area contributed by atoms with Crippen molar-refractivity contribution < 1.29 is 28.5 Å². The summed E-state index contributed by atoms with van der Waals surface area (Å²) in [4.78, 5) is 30.9. The second kappa shape index (κ2) is 16.4. The number of fused-ring (bicyclic) bond motifs is 1. The van der Waals surface area contributed by atoms with Gasteiger partial charge in [0.05, 0.1) is 61.9 Å². The van der Waals surface area contributed by atoms with Crippen LogP contribution in [0.3, 0.4) is 0 Å². The number of nitrogens with zero attached hydrogens (tertiary/aromatic N) is 3. The van der Waals surface area contributed by atoms with Crippen molar-refractivity contribution in [1.29, 1.82) is 0 Å². The fraction of sp³-hybridized carbons (Fsp3) is 0.290. The predicted molar refractivity (Wildman–Crippen MR) is 161 cm³/mol. The highest BCUT2D eigenvalue weighted by atomic mass is 32.2. The van der Waals surface area contributed by atoms with Crippen LogP contribution < -0.4 is 5.32 Å². The van der Waals surface area contributed by atoms with Crippen molar-refractivity contribution in [3.8, 4) is 0 Å². The van der Waals surface area contributed by atoms with Crippen LogP contribution >= 0.6 is 11.8 Å². The standard InChI is InChI=1S/C31H34N4O6S/c1-32-31(37)26-8-3-4-9-29(26)42-24-11-12-25-27(13-10-23-7-5-6-15-33-23)34-35(28(25)21-24)22-41-30(36)14-16-39-19-20-40-18-17-38-2/h3-13,15,21H,14,16-20,22H2,1-2H3,(H,32,37)/b13-10+. The van der Waals surface area contributed by atoms with Crippen LogP contribution in [-0.2, 0) is 30.5 Å². The second-order valence-corrected chi connectivity index (χ2v) is 10.1. The normalized spacial score (nSPS) is 11.3. The molecule has 0 radical (unpaired) electrons. The molecule has 2 heterocycles. The van der Waals surface area contributed by atoms with Crippen molar-refractivity contribution in [2.24, 2.45) is 0 Å². The molecule has 0 atom stereocenters. The van der Waals surface area contributed by atoms with Crippen LogP contribution in [0.25, 0.3) is 23.1 Å². The molecule has 10 nitrogen and oxygen atoms in total. The first kappa shape index (κ1) is 30.9. The fourth-order valence-electron chi connectivity index (χ4n) is 3.93. The summed E-state index contributed by atoms with van der Waals surface area (Å²) in [6, 6.07) is 19.1. The first-order valence-electron chi connectivity index (χ1n) is 13.5. The quantitative estimate of drug-likeness (QED) is 0.147. The molecule has 4 rings (SSSR count). The molecular weight excluding hydrogens is 556 g/mol. The minimum atomic E-state index is -0.394. The molecule has 4 aromatic rings. The van der Waals surface area contributed by atoms with Gasteiger partial charge in [0.15, 0.2) is 6.73 Å². The molecule has 0 aliphatic carbocycles. The molecule has 0 aliphatic rings. The number of ether oxygens (including phenoxy) is 4. The van der Waals surface area contributed by atoms with Crippen molar-refractivity contribution in [2.75, 3.05) is 47.2 Å². The van der Waals surface area contributed by atoms with Gasteiger partial charge in [-0.1, -0.05) is 30.0 Å². The van der Waals surface area contributed by atoms with Gasteiger partial charge in [0.25, 0.3) is 5.91 Å². The number of carbonyl (C=O) groups excluding carboxylic acids is 2. The van der Waals surface area contributed by atoms with Gasteiger partial charge in [0.1, 0.15) is 0 Å². The number of methoxy groups -OCH3 is 1. The summed E-state index contributed by atoms with van der Waals surface area (Å²) in [7, 11) is 3.23. The van der Waals surface area contributed by atoms with E-state index in [9.17, 15) is 9.59 Å². The summed E-state index contributed by atoms with van der Waals surface area (Å²) in [5.41, 5.74) is 2.89. The summed E-state index contributed by atoms with van der Waals surface area (Å²) in [5, 5.41) is 8.30. The lowest BCUT2D eigenvalue weighted by Crippen LogP contribution is -2.18. The third kappa shape index (κ3) is 8.98. The van der Waals surface area contributed by atoms with E-state index >= 15 is 0 Å². The van der Waals surface area contributed by atoms with Gasteiger partial charge in [-0.05, 0) is 54.6 Å². The van der Waals surface area contributed by atoms with Gasteiger partial charge in [-0.15, -0.1) is 0 Å². The Hall–Kier alpha value is -4.03. The maximum atomic E-state index is 12.4. The van der Waals surface area contributed by atoms with Crippen LogP contribution in [0, 0.1) is 0 Å². The molecule has 1 N–H and O–H groups in total. The Morgan fingerprint density at radius 3 is 2.52 bits per heavy atom. The van der Waals surface area contributed by atoms with Crippen molar-refractivity contribution in [3.05, 3.63) is 83.8 Å². The number of carbonyl (C=O) groups is 2. The Morgan fingerprint density at radius 2 is 1.74 bits per heavy atom. The monoisotopic (exact) mass is 590 g/mol. The van der Waals surface area contributed by atoms with Gasteiger partial charge < -0.3 is 24.3 Å². The van der Waals surface area contributed by atoms with E-state index in [1.165, 1.54) is 11.8 Å². The number of rotatable bonds is 16. The highest BCUT2D eigenvalue weighted by Gasteiger charge is 2.15. The van der Waals surface area contributed by atoms with Gasteiger partial charge in [0, 0.05) is 35.5 Å². The Bertz CT molecular complexity index is 1490. The summed E-state index contributed by atoms with van der Waals surface area (Å²) in [5.74, 6) is -0.546. The molecule has 0 bridgehead atoms. The zero-order valence-electron chi connectivity index (χ0n) is 23.7. The van der Waals surface area contributed by atoms with E-state index in [0.29, 0.717) is 37.7 Å². The smallest absolute Gasteiger partial charge is 0.309 e. The Morgan fingerprint density at radius 1 is 0.952 bits per heavy atom. The van der Waals surface area contributed by atoms with Crippen LogP contribution in [0.15, 0.2) is 76.7 Å². The zero-order valence-corrected chi connectivity index (χ0v) is 24.5. The zero-order chi connectivity index (χ0) is 29.6. The van der Waals surface area contributed by atoms with E-state index < -0.39 is 5.97 Å². The molecule has 42 heavy (non-hydrogen) atoms. The maximum Gasteiger partial charge on any atom is 0.309 e. The first-order valence-corrected chi connectivity index (χ1v) is 14.3. The van der Waals surface area contributed by atoms with E-state index in [-0.39, 0.29) is 25.7 Å². The highest BCUT2D eigenvalue weighted by molar-refractivity contribution is 7.99. The average molecular weight is 591 g/mol. The van der Waals surface area contributed by atoms with E-state index in [1.54, 1.807) is 31.1 Å². The third-order valence-electron chi connectivity index (χ3n) is 6.04. The van der Waals surface area contributed by atoms with Gasteiger partial charge in [-0.25, -0.2) is 4.68 Å². The summed E-state index contributed by atoms with van der Waals surface area (Å²) in [6.45, 7) is 2.01. The van der Waals surface area contributed by atoms with Crippen LogP contribution in [0.1, 0.15) is 28.2 Å². The number of amides is 1. The molecule has 2 aromatic heterocycles. The summed E-state index contributed by atoms with van der Waals surface area (Å²) < 4.78 is 22.9. The Kier molecular flexibility index (Phi) is 12.1. The minimum absolute atomic E-state index is 0.0597. The van der Waals surface area contributed by atoms with E-state index in [4.69, 9.17) is 24.0 Å². The largest absolute Gasteiger partial charge is 0.442 e. The molecule has 0 aliphatic heterocycles. The molecule has 0 saturated carbocycles. The van der Waals surface area contributed by atoms with Crippen LogP contribution in [0.4, 0.5) is 0 Å². The van der Waals surface area contributed by atoms with Crippen LogP contribution in [0.5, 0.6) is 0 Å². The number of nitrogens with one attached hydrogen (secondary N) is 1. The van der Waals surface area contributed by atoms with Crippen molar-refractivity contribution in [1.82, 2.24) is 20.1 Å². The molecule has 1 amide bonds. The van der Waals surface area contributed by atoms with Crippen molar-refractivity contribution >= 4 is 46.7 Å². The van der Waals surface area contributed by atoms with Gasteiger partial charge in [-0.3, -0.25) is 14.6 Å². The molecule has 220 valence electrons. The molecule has 0 spiro atoms. The number of hydrogen-bond donors (Lipinski definition) is 1. The maximum absolute atomic E-state index is 12.4. The molecule has 0 unspecified atom stereocenters. The summed E-state index contributed by atoms with van der Waals surface area (Å²) in [6.07, 6.45) is 5.62. The van der Waals surface area contributed by atoms with E-state index in [2.05, 4.69) is 10.3 Å².